The number of nitrogens with zero attached hydrogens (tertiary/aromatic N) is 2. The van der Waals surface area contributed by atoms with Gasteiger partial charge in [-0.15, -0.1) is 0 Å². The molecule has 0 aliphatic rings. The Morgan fingerprint density at radius 3 is 2.67 bits per heavy atom. The van der Waals surface area contributed by atoms with E-state index in [1.807, 2.05) is 0 Å². The molecule has 0 saturated carbocycles. The van der Waals surface area contributed by atoms with Crippen LogP contribution in [-0.2, 0) is 19.9 Å². The fraction of sp³-hybridized carbons (Fsp3) is 0.364. The van der Waals surface area contributed by atoms with E-state index in [9.17, 15) is 16.8 Å². The first-order valence-electron chi connectivity index (χ1n) is 6.11. The van der Waals surface area contributed by atoms with E-state index in [-0.39, 0.29) is 29.6 Å². The number of imidazole rings is 1. The number of anilines is 1. The Kier molecular flexibility index (Phi) is 4.21. The average Bonchev–Trinajstić information content (AvgIpc) is 2.70. The quantitative estimate of drug-likeness (QED) is 0.696. The van der Waals surface area contributed by atoms with Crippen LogP contribution in [0.4, 0.5) is 5.82 Å². The van der Waals surface area contributed by atoms with Crippen LogP contribution in [0.25, 0.3) is 5.65 Å². The molecule has 2 heterocycles. The van der Waals surface area contributed by atoms with Gasteiger partial charge in [-0.2, -0.15) is 0 Å². The van der Waals surface area contributed by atoms with Crippen molar-refractivity contribution in [2.75, 3.05) is 24.3 Å². The third-order valence-electron chi connectivity index (χ3n) is 2.75. The van der Waals surface area contributed by atoms with E-state index >= 15 is 0 Å². The molecule has 0 fully saturated rings. The molecular weight excluding hydrogens is 316 g/mol. The predicted octanol–water partition coefficient (Wildman–Crippen LogP) is -0.370. The lowest BCUT2D eigenvalue weighted by atomic mass is 10.5. The zero-order chi connectivity index (χ0) is 15.7. The van der Waals surface area contributed by atoms with Crippen LogP contribution in [-0.4, -0.2) is 44.8 Å². The van der Waals surface area contributed by atoms with Gasteiger partial charge in [-0.25, -0.2) is 26.5 Å². The molecule has 2 rings (SSSR count). The maximum Gasteiger partial charge on any atom is 0.260 e. The monoisotopic (exact) mass is 332 g/mol. The highest BCUT2D eigenvalue weighted by Gasteiger charge is 2.23. The number of nitrogens with two attached hydrogens (primary N) is 1. The van der Waals surface area contributed by atoms with Gasteiger partial charge in [0.1, 0.15) is 15.5 Å². The van der Waals surface area contributed by atoms with E-state index in [2.05, 4.69) is 9.71 Å². The maximum absolute atomic E-state index is 12.3. The van der Waals surface area contributed by atoms with Crippen LogP contribution < -0.4 is 10.5 Å². The maximum atomic E-state index is 12.3. The molecule has 8 nitrogen and oxygen atoms in total. The highest BCUT2D eigenvalue weighted by atomic mass is 32.2. The SMILES string of the molecule is CS(=O)(=O)CCCNS(=O)(=O)c1c(N)nc2ccccn12. The third-order valence-corrected chi connectivity index (χ3v) is 5.28. The second kappa shape index (κ2) is 5.62. The fourth-order valence-corrected chi connectivity index (χ4v) is 3.82. The van der Waals surface area contributed by atoms with Crippen molar-refractivity contribution >= 4 is 31.3 Å². The molecule has 0 radical (unpaired) electrons. The van der Waals surface area contributed by atoms with Crippen LogP contribution in [0.3, 0.4) is 0 Å². The number of fused-ring (bicyclic) bond motifs is 1. The molecule has 2 aromatic heterocycles. The zero-order valence-corrected chi connectivity index (χ0v) is 13.0. The Bertz CT molecular complexity index is 855. The first-order chi connectivity index (χ1) is 9.71. The Morgan fingerprint density at radius 1 is 1.29 bits per heavy atom. The highest BCUT2D eigenvalue weighted by Crippen LogP contribution is 2.19. The molecule has 0 amide bonds. The van der Waals surface area contributed by atoms with Crippen molar-refractivity contribution in [3.8, 4) is 0 Å². The minimum Gasteiger partial charge on any atom is -0.381 e. The van der Waals surface area contributed by atoms with Gasteiger partial charge in [0.25, 0.3) is 10.0 Å². The summed E-state index contributed by atoms with van der Waals surface area (Å²) in [4.78, 5) is 3.97. The van der Waals surface area contributed by atoms with E-state index in [1.165, 1.54) is 4.40 Å². The van der Waals surface area contributed by atoms with Gasteiger partial charge in [-0.05, 0) is 18.6 Å². The normalized spacial score (nSPS) is 12.8. The lowest BCUT2D eigenvalue weighted by Crippen LogP contribution is -2.27. The van der Waals surface area contributed by atoms with Crippen molar-refractivity contribution in [2.24, 2.45) is 0 Å². The molecule has 0 spiro atoms. The number of sulfone groups is 1. The van der Waals surface area contributed by atoms with E-state index in [0.717, 1.165) is 6.26 Å². The van der Waals surface area contributed by atoms with Gasteiger partial charge in [0.2, 0.25) is 0 Å². The molecule has 0 atom stereocenters. The summed E-state index contributed by atoms with van der Waals surface area (Å²) < 4.78 is 50.2. The van der Waals surface area contributed by atoms with Crippen molar-refractivity contribution in [1.82, 2.24) is 14.1 Å². The summed E-state index contributed by atoms with van der Waals surface area (Å²) in [6.07, 6.45) is 2.84. The van der Waals surface area contributed by atoms with E-state index in [1.54, 1.807) is 24.4 Å². The van der Waals surface area contributed by atoms with Crippen LogP contribution in [0, 0.1) is 0 Å². The molecule has 0 bridgehead atoms. The third kappa shape index (κ3) is 3.71. The molecule has 0 aromatic carbocycles. The molecule has 10 heteroatoms. The van der Waals surface area contributed by atoms with E-state index < -0.39 is 19.9 Å². The van der Waals surface area contributed by atoms with Gasteiger partial charge in [0.15, 0.2) is 10.8 Å². The molecule has 0 aliphatic carbocycles. The number of nitrogen functional groups attached to an aromatic ring is 1. The number of hydrogen-bond donors (Lipinski definition) is 2. The number of rotatable bonds is 6. The second-order valence-corrected chi connectivity index (χ2v) is 8.55. The summed E-state index contributed by atoms with van der Waals surface area (Å²) in [7, 11) is -6.98. The number of pyridine rings is 1. The molecule has 0 aliphatic heterocycles. The molecule has 0 saturated heterocycles. The van der Waals surface area contributed by atoms with E-state index in [0.29, 0.717) is 5.65 Å². The molecular formula is C11H16N4O4S2. The lowest BCUT2D eigenvalue weighted by Gasteiger charge is -2.06. The first-order valence-corrected chi connectivity index (χ1v) is 9.65. The van der Waals surface area contributed by atoms with Crippen LogP contribution in [0.5, 0.6) is 0 Å². The Morgan fingerprint density at radius 2 is 2.00 bits per heavy atom. The van der Waals surface area contributed by atoms with Crippen molar-refractivity contribution < 1.29 is 16.8 Å². The topological polar surface area (TPSA) is 124 Å². The average molecular weight is 332 g/mol. The van der Waals surface area contributed by atoms with E-state index in [4.69, 9.17) is 5.73 Å². The van der Waals surface area contributed by atoms with Crippen molar-refractivity contribution in [2.45, 2.75) is 11.4 Å². The minimum atomic E-state index is -3.86. The van der Waals surface area contributed by atoms with Crippen molar-refractivity contribution in [3.05, 3.63) is 24.4 Å². The molecule has 21 heavy (non-hydrogen) atoms. The largest absolute Gasteiger partial charge is 0.381 e. The van der Waals surface area contributed by atoms with Crippen molar-refractivity contribution in [3.63, 3.8) is 0 Å². The van der Waals surface area contributed by atoms with Crippen molar-refractivity contribution in [1.29, 1.82) is 0 Å². The van der Waals surface area contributed by atoms with Crippen LogP contribution in [0.2, 0.25) is 0 Å². The second-order valence-electron chi connectivity index (χ2n) is 4.61. The van der Waals surface area contributed by atoms with Crippen LogP contribution in [0.15, 0.2) is 29.4 Å². The van der Waals surface area contributed by atoms with Gasteiger partial charge >= 0.3 is 0 Å². The Hall–Kier alpha value is -1.65. The Labute approximate surface area is 123 Å². The zero-order valence-electron chi connectivity index (χ0n) is 11.4. The minimum absolute atomic E-state index is 0.00884. The molecule has 2 aromatic rings. The summed E-state index contributed by atoms with van der Waals surface area (Å²) in [5.74, 6) is -0.185. The van der Waals surface area contributed by atoms with Crippen LogP contribution in [0.1, 0.15) is 6.42 Å². The summed E-state index contributed by atoms with van der Waals surface area (Å²) in [5.41, 5.74) is 6.09. The lowest BCUT2D eigenvalue weighted by molar-refractivity contribution is 0.573. The summed E-state index contributed by atoms with van der Waals surface area (Å²) in [6, 6.07) is 5.02. The molecule has 3 N–H and O–H groups in total. The number of nitrogens with one attached hydrogen (secondary N) is 1. The molecule has 0 unspecified atom stereocenters. The van der Waals surface area contributed by atoms with Gasteiger partial charge in [0, 0.05) is 19.0 Å². The predicted molar refractivity (Wildman–Crippen MR) is 79.1 cm³/mol. The van der Waals surface area contributed by atoms with Gasteiger partial charge in [0.05, 0.1) is 5.75 Å². The smallest absolute Gasteiger partial charge is 0.260 e. The van der Waals surface area contributed by atoms with Gasteiger partial charge < -0.3 is 5.73 Å². The molecule has 116 valence electrons. The number of aromatic nitrogens is 2. The van der Waals surface area contributed by atoms with Crippen LogP contribution >= 0.6 is 0 Å². The van der Waals surface area contributed by atoms with Gasteiger partial charge in [-0.1, -0.05) is 6.07 Å². The van der Waals surface area contributed by atoms with Gasteiger partial charge in [-0.3, -0.25) is 4.40 Å². The fourth-order valence-electron chi connectivity index (χ4n) is 1.87. The number of hydrogen-bond acceptors (Lipinski definition) is 6. The standard InChI is InChI=1S/C11H16N4O4S2/c1-20(16,17)8-4-6-13-21(18,19)11-10(12)14-9-5-2-3-7-15(9)11/h2-3,5,7,13H,4,6,8,12H2,1H3. The first kappa shape index (κ1) is 15.7. The summed E-state index contributed by atoms with van der Waals surface area (Å²) in [6.45, 7) is 0.00884. The summed E-state index contributed by atoms with van der Waals surface area (Å²) in [5, 5.41) is -0.141. The number of sulfonamides is 1. The Balaban J connectivity index is 2.20. The summed E-state index contributed by atoms with van der Waals surface area (Å²) >= 11 is 0. The highest BCUT2D eigenvalue weighted by molar-refractivity contribution is 7.90.